The van der Waals surface area contributed by atoms with Crippen LogP contribution < -0.4 is 10.2 Å². The molecule has 1 aliphatic carbocycles. The molecule has 0 aliphatic heterocycles. The van der Waals surface area contributed by atoms with Gasteiger partial charge in [-0.05, 0) is 59.7 Å². The zero-order chi connectivity index (χ0) is 30.3. The number of carbonyl (C=O) groups is 3. The largest absolute Gasteiger partial charge is 0.397 e. The zero-order valence-electron chi connectivity index (χ0n) is 21.0. The van der Waals surface area contributed by atoms with Crippen LogP contribution in [0.15, 0.2) is 60.7 Å². The highest BCUT2D eigenvalue weighted by molar-refractivity contribution is 6.53. The molecule has 1 aliphatic rings. The van der Waals surface area contributed by atoms with E-state index < -0.39 is 40.6 Å². The summed E-state index contributed by atoms with van der Waals surface area (Å²) < 4.78 is 36.2. The summed E-state index contributed by atoms with van der Waals surface area (Å²) in [6.07, 6.45) is -6.29. The van der Waals surface area contributed by atoms with Gasteiger partial charge in [-0.1, -0.05) is 46.9 Å². The molecule has 0 aromatic heterocycles. The van der Waals surface area contributed by atoms with Gasteiger partial charge in [-0.25, -0.2) is 0 Å². The van der Waals surface area contributed by atoms with Gasteiger partial charge in [-0.3, -0.25) is 14.4 Å². The van der Waals surface area contributed by atoms with Crippen LogP contribution in [0.3, 0.4) is 0 Å². The third-order valence-corrected chi connectivity index (χ3v) is 8.23. The molecule has 0 radical (unpaired) electrons. The van der Waals surface area contributed by atoms with Crippen LogP contribution >= 0.6 is 58.0 Å². The molecular weight excluding hydrogens is 647 g/mol. The van der Waals surface area contributed by atoms with Gasteiger partial charge in [-0.15, -0.1) is 23.2 Å². The number of halogens is 8. The molecule has 2 atom stereocenters. The van der Waals surface area contributed by atoms with Gasteiger partial charge in [0, 0.05) is 46.4 Å². The number of hydrogen-bond donors (Lipinski definition) is 1. The van der Waals surface area contributed by atoms with Crippen molar-refractivity contribution in [3.63, 3.8) is 0 Å². The number of nitrogens with one attached hydrogen (secondary N) is 1. The fourth-order valence-corrected chi connectivity index (χ4v) is 6.01. The zero-order valence-corrected chi connectivity index (χ0v) is 24.8. The average Bonchev–Trinajstić information content (AvgIpc) is 3.45. The maximum atomic E-state index is 13.1. The minimum absolute atomic E-state index is 0.0929. The number of amides is 2. The van der Waals surface area contributed by atoms with E-state index in [2.05, 4.69) is 5.32 Å². The second kappa shape index (κ2) is 12.0. The number of nitrogens with zero attached hydrogens (tertiary/aromatic N) is 1. The van der Waals surface area contributed by atoms with E-state index in [0.717, 1.165) is 4.90 Å². The molecule has 3 aromatic carbocycles. The van der Waals surface area contributed by atoms with Gasteiger partial charge in [0.05, 0.1) is 10.9 Å². The van der Waals surface area contributed by atoms with Gasteiger partial charge < -0.3 is 10.2 Å². The Morgan fingerprint density at radius 2 is 1.54 bits per heavy atom. The number of anilines is 2. The highest BCUT2D eigenvalue weighted by Crippen LogP contribution is 2.65. The fraction of sp³-hybridized carbons (Fsp3) is 0.250. The standard InChI is InChI=1S/C28H20Cl5F3N2O3/c1-38(23(40)13-27(34,35)36)19-5-2-14(3-6-19)8-22(39)20-12-18(4-7-21(20)31)37-26(41)25-24(28(25,32)33)15-9-16(29)11-17(30)10-15/h2-7,9-12,24-25H,8,13H2,1H3,(H,37,41). The monoisotopic (exact) mass is 664 g/mol. The number of benzene rings is 3. The molecule has 2 amide bonds. The Morgan fingerprint density at radius 3 is 2.12 bits per heavy atom. The summed E-state index contributed by atoms with van der Waals surface area (Å²) in [5.74, 6) is -3.32. The van der Waals surface area contributed by atoms with Crippen molar-refractivity contribution < 1.29 is 27.6 Å². The maximum absolute atomic E-state index is 13.1. The van der Waals surface area contributed by atoms with Crippen LogP contribution in [-0.2, 0) is 16.0 Å². The van der Waals surface area contributed by atoms with Gasteiger partial charge in [0.15, 0.2) is 5.78 Å². The van der Waals surface area contributed by atoms with E-state index in [0.29, 0.717) is 26.9 Å². The minimum atomic E-state index is -4.62. The molecule has 41 heavy (non-hydrogen) atoms. The van der Waals surface area contributed by atoms with Crippen LogP contribution in [0, 0.1) is 5.92 Å². The quantitative estimate of drug-likeness (QED) is 0.194. The average molecular weight is 667 g/mol. The normalized spacial score (nSPS) is 17.6. The van der Waals surface area contributed by atoms with Crippen molar-refractivity contribution >= 4 is 87.0 Å². The lowest BCUT2D eigenvalue weighted by atomic mass is 10.0. The van der Waals surface area contributed by atoms with Crippen LogP contribution in [0.25, 0.3) is 0 Å². The predicted molar refractivity (Wildman–Crippen MR) is 156 cm³/mol. The second-order valence-electron chi connectivity index (χ2n) is 9.53. The molecule has 1 fully saturated rings. The Bertz CT molecular complexity index is 1490. The van der Waals surface area contributed by atoms with Crippen LogP contribution in [0.4, 0.5) is 24.5 Å². The molecule has 0 saturated heterocycles. The van der Waals surface area contributed by atoms with Crippen molar-refractivity contribution in [1.82, 2.24) is 0 Å². The molecule has 1 saturated carbocycles. The fourth-order valence-electron chi connectivity index (χ4n) is 4.41. The van der Waals surface area contributed by atoms with Gasteiger partial charge in [0.1, 0.15) is 10.8 Å². The first-order valence-electron chi connectivity index (χ1n) is 12.0. The van der Waals surface area contributed by atoms with Crippen LogP contribution in [0.2, 0.25) is 15.1 Å². The van der Waals surface area contributed by atoms with Crippen molar-refractivity contribution in [1.29, 1.82) is 0 Å². The van der Waals surface area contributed by atoms with Crippen LogP contribution in [0.5, 0.6) is 0 Å². The first-order valence-corrected chi connectivity index (χ1v) is 13.9. The van der Waals surface area contributed by atoms with E-state index in [4.69, 9.17) is 58.0 Å². The van der Waals surface area contributed by atoms with E-state index in [1.54, 1.807) is 18.2 Å². The number of carbonyl (C=O) groups excluding carboxylic acids is 3. The lowest BCUT2D eigenvalue weighted by Crippen LogP contribution is -2.30. The summed E-state index contributed by atoms with van der Waals surface area (Å²) >= 11 is 31.3. The van der Waals surface area contributed by atoms with E-state index in [1.807, 2.05) is 0 Å². The number of ketones is 1. The summed E-state index contributed by atoms with van der Waals surface area (Å²) in [5, 5.41) is 3.63. The third kappa shape index (κ3) is 7.48. The summed E-state index contributed by atoms with van der Waals surface area (Å²) in [4.78, 5) is 38.8. The van der Waals surface area contributed by atoms with E-state index in [1.165, 1.54) is 49.5 Å². The van der Waals surface area contributed by atoms with Crippen molar-refractivity contribution in [2.75, 3.05) is 17.3 Å². The van der Waals surface area contributed by atoms with E-state index in [9.17, 15) is 27.6 Å². The van der Waals surface area contributed by atoms with Crippen molar-refractivity contribution in [3.8, 4) is 0 Å². The molecule has 1 N–H and O–H groups in total. The maximum Gasteiger partial charge on any atom is 0.397 e. The molecule has 0 heterocycles. The lowest BCUT2D eigenvalue weighted by molar-refractivity contribution is -0.151. The van der Waals surface area contributed by atoms with Crippen molar-refractivity contribution in [2.45, 2.75) is 29.3 Å². The number of alkyl halides is 5. The van der Waals surface area contributed by atoms with Crippen molar-refractivity contribution in [2.24, 2.45) is 5.92 Å². The Balaban J connectivity index is 1.43. The first kappa shape index (κ1) is 31.4. The van der Waals surface area contributed by atoms with Gasteiger partial charge in [0.25, 0.3) is 0 Å². The summed E-state index contributed by atoms with van der Waals surface area (Å²) in [6, 6.07) is 15.2. The van der Waals surface area contributed by atoms with Gasteiger partial charge >= 0.3 is 6.18 Å². The number of hydrogen-bond acceptors (Lipinski definition) is 3. The van der Waals surface area contributed by atoms with Crippen molar-refractivity contribution in [3.05, 3.63) is 92.4 Å². The Kier molecular flexibility index (Phi) is 9.21. The highest BCUT2D eigenvalue weighted by Gasteiger charge is 2.67. The molecular formula is C28H20Cl5F3N2O3. The second-order valence-corrected chi connectivity index (χ2v) is 12.3. The molecule has 13 heteroatoms. The van der Waals surface area contributed by atoms with Gasteiger partial charge in [-0.2, -0.15) is 13.2 Å². The van der Waals surface area contributed by atoms with E-state index >= 15 is 0 Å². The summed E-state index contributed by atoms with van der Waals surface area (Å²) in [5.41, 5.74) is 1.83. The van der Waals surface area contributed by atoms with Gasteiger partial charge in [0.2, 0.25) is 11.8 Å². The number of rotatable bonds is 8. The molecule has 5 nitrogen and oxygen atoms in total. The molecule has 3 aromatic rings. The third-order valence-electron chi connectivity index (χ3n) is 6.53. The van der Waals surface area contributed by atoms with Crippen LogP contribution in [-0.4, -0.2) is 35.2 Å². The lowest BCUT2D eigenvalue weighted by Gasteiger charge is -2.18. The summed E-state index contributed by atoms with van der Waals surface area (Å²) in [7, 11) is 1.24. The predicted octanol–water partition coefficient (Wildman–Crippen LogP) is 8.51. The molecule has 216 valence electrons. The first-order chi connectivity index (χ1) is 19.1. The number of Topliss-reactive ketones (excluding diaryl/α,β-unsaturated/α-hetero) is 1. The molecule has 4 rings (SSSR count). The van der Waals surface area contributed by atoms with Crippen LogP contribution in [0.1, 0.15) is 33.8 Å². The SMILES string of the molecule is CN(C(=O)CC(F)(F)F)c1ccc(CC(=O)c2cc(NC(=O)C3C(c4cc(Cl)cc(Cl)c4)C3(Cl)Cl)ccc2Cl)cc1. The van der Waals surface area contributed by atoms with E-state index in [-0.39, 0.29) is 28.5 Å². The highest BCUT2D eigenvalue weighted by atomic mass is 35.5. The molecule has 0 spiro atoms. The Labute approximate surface area is 258 Å². The molecule has 2 unspecified atom stereocenters. The Hall–Kier alpha value is -2.49. The summed E-state index contributed by atoms with van der Waals surface area (Å²) in [6.45, 7) is 0. The Morgan fingerprint density at radius 1 is 0.927 bits per heavy atom. The molecule has 0 bridgehead atoms. The topological polar surface area (TPSA) is 66.5 Å². The minimum Gasteiger partial charge on any atom is -0.326 e. The smallest absolute Gasteiger partial charge is 0.326 e.